The normalized spacial score (nSPS) is 11.1. The lowest BCUT2D eigenvalue weighted by atomic mass is 10.2. The summed E-state index contributed by atoms with van der Waals surface area (Å²) in [4.78, 5) is 1.99. The maximum absolute atomic E-state index is 13.6. The van der Waals surface area contributed by atoms with Crippen molar-refractivity contribution in [2.45, 2.75) is 20.0 Å². The van der Waals surface area contributed by atoms with Crippen LogP contribution >= 0.6 is 0 Å². The van der Waals surface area contributed by atoms with Crippen LogP contribution in [-0.2, 0) is 13.1 Å². The van der Waals surface area contributed by atoms with Gasteiger partial charge in [-0.3, -0.25) is 4.90 Å². The van der Waals surface area contributed by atoms with Crippen molar-refractivity contribution in [3.63, 3.8) is 0 Å². The molecule has 0 saturated carbocycles. The Morgan fingerprint density at radius 1 is 1.22 bits per heavy atom. The van der Waals surface area contributed by atoms with E-state index in [1.165, 1.54) is 6.07 Å². The van der Waals surface area contributed by atoms with E-state index >= 15 is 0 Å². The van der Waals surface area contributed by atoms with Gasteiger partial charge in [0.05, 0.1) is 6.54 Å². The molecule has 0 amide bonds. The van der Waals surface area contributed by atoms with Gasteiger partial charge in [-0.2, -0.15) is 0 Å². The largest absolute Gasteiger partial charge is 0.465 e. The summed E-state index contributed by atoms with van der Waals surface area (Å²) in [6.45, 7) is 3.08. The van der Waals surface area contributed by atoms with E-state index in [2.05, 4.69) is 0 Å². The Bertz CT molecular complexity index is 536. The molecule has 0 saturated heterocycles. The maximum Gasteiger partial charge on any atom is 0.129 e. The third-order valence-electron chi connectivity index (χ3n) is 2.74. The first-order valence-corrected chi connectivity index (χ1v) is 5.82. The Morgan fingerprint density at radius 3 is 2.61 bits per heavy atom. The van der Waals surface area contributed by atoms with Gasteiger partial charge in [0, 0.05) is 17.8 Å². The second-order valence-electron chi connectivity index (χ2n) is 4.54. The van der Waals surface area contributed by atoms with Crippen LogP contribution in [0.15, 0.2) is 34.7 Å². The standard InChI is InChI=1S/C14H17FN2O/c1-10-3-6-13(18-10)9-17(2)8-11-4-5-12(16)7-14(11)15/h3-7H,8-9,16H2,1-2H3. The molecule has 0 aliphatic rings. The number of rotatable bonds is 4. The molecule has 4 heteroatoms. The van der Waals surface area contributed by atoms with Crippen LogP contribution in [0.1, 0.15) is 17.1 Å². The van der Waals surface area contributed by atoms with Crippen LogP contribution in [0.4, 0.5) is 10.1 Å². The molecule has 0 atom stereocenters. The van der Waals surface area contributed by atoms with E-state index in [1.807, 2.05) is 31.0 Å². The summed E-state index contributed by atoms with van der Waals surface area (Å²) in [7, 11) is 1.92. The smallest absolute Gasteiger partial charge is 0.129 e. The van der Waals surface area contributed by atoms with E-state index in [-0.39, 0.29) is 5.82 Å². The lowest BCUT2D eigenvalue weighted by Gasteiger charge is -2.15. The molecule has 1 heterocycles. The minimum absolute atomic E-state index is 0.266. The number of halogens is 1. The van der Waals surface area contributed by atoms with Gasteiger partial charge in [0.25, 0.3) is 0 Å². The molecule has 2 aromatic rings. The number of hydrogen-bond acceptors (Lipinski definition) is 3. The van der Waals surface area contributed by atoms with Crippen molar-refractivity contribution in [2.24, 2.45) is 0 Å². The number of furan rings is 1. The van der Waals surface area contributed by atoms with E-state index in [0.29, 0.717) is 24.3 Å². The van der Waals surface area contributed by atoms with E-state index in [0.717, 1.165) is 11.5 Å². The first-order chi connectivity index (χ1) is 8.54. The zero-order chi connectivity index (χ0) is 13.1. The first-order valence-electron chi connectivity index (χ1n) is 5.82. The Hall–Kier alpha value is -1.81. The lowest BCUT2D eigenvalue weighted by molar-refractivity contribution is 0.281. The van der Waals surface area contributed by atoms with Crippen LogP contribution in [0.2, 0.25) is 0 Å². The van der Waals surface area contributed by atoms with Crippen LogP contribution in [0.3, 0.4) is 0 Å². The van der Waals surface area contributed by atoms with Crippen LogP contribution in [0, 0.1) is 12.7 Å². The number of anilines is 1. The molecular weight excluding hydrogens is 231 g/mol. The topological polar surface area (TPSA) is 42.4 Å². The maximum atomic E-state index is 13.6. The molecule has 0 bridgehead atoms. The number of benzene rings is 1. The molecule has 0 aliphatic heterocycles. The first kappa shape index (κ1) is 12.6. The summed E-state index contributed by atoms with van der Waals surface area (Å²) in [5.74, 6) is 1.50. The van der Waals surface area contributed by atoms with Crippen LogP contribution in [0.5, 0.6) is 0 Å². The molecule has 96 valence electrons. The van der Waals surface area contributed by atoms with E-state index in [9.17, 15) is 4.39 Å². The molecule has 1 aromatic heterocycles. The zero-order valence-corrected chi connectivity index (χ0v) is 10.6. The molecule has 2 rings (SSSR count). The number of nitrogens with two attached hydrogens (primary N) is 1. The highest BCUT2D eigenvalue weighted by Crippen LogP contribution is 2.15. The van der Waals surface area contributed by atoms with Crippen molar-refractivity contribution >= 4 is 5.69 Å². The van der Waals surface area contributed by atoms with Gasteiger partial charge in [0.1, 0.15) is 17.3 Å². The van der Waals surface area contributed by atoms with E-state index in [1.54, 1.807) is 12.1 Å². The van der Waals surface area contributed by atoms with Gasteiger partial charge in [-0.05, 0) is 38.2 Å². The molecule has 0 aliphatic carbocycles. The Labute approximate surface area is 106 Å². The summed E-state index contributed by atoms with van der Waals surface area (Å²) in [6, 6.07) is 8.64. The van der Waals surface area contributed by atoms with E-state index in [4.69, 9.17) is 10.2 Å². The second-order valence-corrected chi connectivity index (χ2v) is 4.54. The lowest BCUT2D eigenvalue weighted by Crippen LogP contribution is -2.17. The third-order valence-corrected chi connectivity index (χ3v) is 2.74. The monoisotopic (exact) mass is 248 g/mol. The number of nitrogens with zero attached hydrogens (tertiary/aromatic N) is 1. The van der Waals surface area contributed by atoms with Crippen molar-refractivity contribution < 1.29 is 8.81 Å². The molecule has 2 N–H and O–H groups in total. The van der Waals surface area contributed by atoms with Crippen molar-refractivity contribution in [1.82, 2.24) is 4.90 Å². The minimum atomic E-state index is -0.266. The number of nitrogen functional groups attached to an aromatic ring is 1. The molecular formula is C14H17FN2O. The highest BCUT2D eigenvalue weighted by Gasteiger charge is 2.08. The average molecular weight is 248 g/mol. The highest BCUT2D eigenvalue weighted by molar-refractivity contribution is 5.40. The van der Waals surface area contributed by atoms with Crippen LogP contribution in [-0.4, -0.2) is 11.9 Å². The minimum Gasteiger partial charge on any atom is -0.465 e. The van der Waals surface area contributed by atoms with Crippen molar-refractivity contribution in [3.05, 3.63) is 53.2 Å². The zero-order valence-electron chi connectivity index (χ0n) is 10.6. The summed E-state index contributed by atoms with van der Waals surface area (Å²) < 4.78 is 19.1. The SMILES string of the molecule is Cc1ccc(CN(C)Cc2ccc(N)cc2F)o1. The van der Waals surface area contributed by atoms with Gasteiger partial charge in [-0.15, -0.1) is 0 Å². The predicted octanol–water partition coefficient (Wildman–Crippen LogP) is 2.94. The van der Waals surface area contributed by atoms with Gasteiger partial charge in [-0.1, -0.05) is 6.07 Å². The fourth-order valence-corrected chi connectivity index (χ4v) is 1.87. The summed E-state index contributed by atoms with van der Waals surface area (Å²) in [6.07, 6.45) is 0. The van der Waals surface area contributed by atoms with Gasteiger partial charge >= 0.3 is 0 Å². The predicted molar refractivity (Wildman–Crippen MR) is 69.4 cm³/mol. The van der Waals surface area contributed by atoms with Crippen molar-refractivity contribution in [3.8, 4) is 0 Å². The Kier molecular flexibility index (Phi) is 3.67. The van der Waals surface area contributed by atoms with Gasteiger partial charge < -0.3 is 10.2 Å². The quantitative estimate of drug-likeness (QED) is 0.846. The van der Waals surface area contributed by atoms with E-state index < -0.39 is 0 Å². The van der Waals surface area contributed by atoms with Crippen LogP contribution in [0.25, 0.3) is 0 Å². The summed E-state index contributed by atoms with van der Waals surface area (Å²) >= 11 is 0. The highest BCUT2D eigenvalue weighted by atomic mass is 19.1. The third kappa shape index (κ3) is 3.11. The molecule has 0 spiro atoms. The fourth-order valence-electron chi connectivity index (χ4n) is 1.87. The molecule has 3 nitrogen and oxygen atoms in total. The molecule has 1 aromatic carbocycles. The fraction of sp³-hybridized carbons (Fsp3) is 0.286. The van der Waals surface area contributed by atoms with Crippen LogP contribution < -0.4 is 5.73 Å². The Balaban J connectivity index is 2.00. The Morgan fingerprint density at radius 2 is 2.00 bits per heavy atom. The number of aryl methyl sites for hydroxylation is 1. The molecule has 0 radical (unpaired) electrons. The van der Waals surface area contributed by atoms with Crippen molar-refractivity contribution in [2.75, 3.05) is 12.8 Å². The van der Waals surface area contributed by atoms with Gasteiger partial charge in [0.15, 0.2) is 0 Å². The second kappa shape index (κ2) is 5.23. The number of hydrogen-bond donors (Lipinski definition) is 1. The molecule has 0 unspecified atom stereocenters. The van der Waals surface area contributed by atoms with Crippen molar-refractivity contribution in [1.29, 1.82) is 0 Å². The molecule has 18 heavy (non-hydrogen) atoms. The summed E-state index contributed by atoms with van der Waals surface area (Å²) in [5.41, 5.74) is 6.60. The van der Waals surface area contributed by atoms with Gasteiger partial charge in [-0.25, -0.2) is 4.39 Å². The average Bonchev–Trinajstić information content (AvgIpc) is 2.68. The summed E-state index contributed by atoms with van der Waals surface area (Å²) in [5, 5.41) is 0. The molecule has 0 fully saturated rings. The van der Waals surface area contributed by atoms with Gasteiger partial charge in [0.2, 0.25) is 0 Å².